The third-order valence-corrected chi connectivity index (χ3v) is 7.31. The van der Waals surface area contributed by atoms with Gasteiger partial charge in [0, 0.05) is 18.0 Å². The van der Waals surface area contributed by atoms with Crippen molar-refractivity contribution in [1.82, 2.24) is 14.5 Å². The quantitative estimate of drug-likeness (QED) is 0.362. The minimum atomic E-state index is -0.470. The van der Waals surface area contributed by atoms with Gasteiger partial charge in [-0.1, -0.05) is 12.1 Å². The second-order valence-corrected chi connectivity index (χ2v) is 9.53. The molecule has 8 nitrogen and oxygen atoms in total. The minimum Gasteiger partial charge on any atom is -0.493 e. The number of rotatable bonds is 10. The molecule has 0 fully saturated rings. The normalized spacial score (nSPS) is 11.0. The Morgan fingerprint density at radius 3 is 2.53 bits per heavy atom. The molecule has 3 heterocycles. The molecule has 10 heteroatoms. The lowest BCUT2D eigenvalue weighted by Crippen LogP contribution is -2.42. The van der Waals surface area contributed by atoms with Crippen LogP contribution in [0.2, 0.25) is 0 Å². The second-order valence-electron chi connectivity index (χ2n) is 7.58. The van der Waals surface area contributed by atoms with Crippen molar-refractivity contribution in [2.75, 3.05) is 20.8 Å². The molecule has 0 atom stereocenters. The first kappa shape index (κ1) is 23.8. The summed E-state index contributed by atoms with van der Waals surface area (Å²) in [6.45, 7) is 0.512. The highest BCUT2D eigenvalue weighted by molar-refractivity contribution is 7.17. The zero-order chi connectivity index (χ0) is 24.1. The molecule has 1 aromatic carbocycles. The van der Waals surface area contributed by atoms with Gasteiger partial charge in [-0.05, 0) is 53.4 Å². The molecule has 0 radical (unpaired) electrons. The molecule has 0 aliphatic rings. The van der Waals surface area contributed by atoms with Crippen LogP contribution in [-0.4, -0.2) is 35.8 Å². The maximum Gasteiger partial charge on any atom is 0.332 e. The topological polar surface area (TPSA) is 91.6 Å². The third kappa shape index (κ3) is 5.07. The lowest BCUT2D eigenvalue weighted by molar-refractivity contribution is -0.121. The number of thiophene rings is 2. The van der Waals surface area contributed by atoms with Gasteiger partial charge in [0.2, 0.25) is 5.91 Å². The predicted octanol–water partition coefficient (Wildman–Crippen LogP) is 2.91. The van der Waals surface area contributed by atoms with Gasteiger partial charge in [-0.15, -0.1) is 22.7 Å². The van der Waals surface area contributed by atoms with Crippen LogP contribution in [0.4, 0.5) is 0 Å². The Hall–Kier alpha value is -3.37. The zero-order valence-electron chi connectivity index (χ0n) is 18.9. The SMILES string of the molecule is COc1ccc(CCNC(=O)Cn2c(=O)n(CCc3cccs3)c(=O)c3sccc32)cc1OC. The first-order valence-corrected chi connectivity index (χ1v) is 12.5. The molecule has 0 spiro atoms. The van der Waals surface area contributed by atoms with Crippen LogP contribution in [0.1, 0.15) is 10.4 Å². The molecule has 0 saturated heterocycles. The van der Waals surface area contributed by atoms with Crippen LogP contribution < -0.4 is 26.0 Å². The van der Waals surface area contributed by atoms with Crippen molar-refractivity contribution in [1.29, 1.82) is 0 Å². The standard InChI is InChI=1S/C24H25N3O5S2/c1-31-19-6-5-16(14-20(19)32-2)7-10-25-21(28)15-27-18-9-13-34-22(18)23(29)26(24(27)30)11-8-17-4-3-12-33-17/h3-6,9,12-14H,7-8,10-11,15H2,1-2H3,(H,25,28). The summed E-state index contributed by atoms with van der Waals surface area (Å²) in [6.07, 6.45) is 1.18. The molecule has 0 bridgehead atoms. The maximum atomic E-state index is 13.2. The van der Waals surface area contributed by atoms with Gasteiger partial charge < -0.3 is 14.8 Å². The largest absolute Gasteiger partial charge is 0.493 e. The van der Waals surface area contributed by atoms with Crippen molar-refractivity contribution in [3.8, 4) is 11.5 Å². The van der Waals surface area contributed by atoms with Crippen molar-refractivity contribution in [3.63, 3.8) is 0 Å². The lowest BCUT2D eigenvalue weighted by atomic mass is 10.1. The molecule has 3 aromatic heterocycles. The summed E-state index contributed by atoms with van der Waals surface area (Å²) in [5, 5.41) is 6.59. The summed E-state index contributed by atoms with van der Waals surface area (Å²) < 4.78 is 13.7. The zero-order valence-corrected chi connectivity index (χ0v) is 20.5. The Labute approximate surface area is 204 Å². The highest BCUT2D eigenvalue weighted by atomic mass is 32.1. The monoisotopic (exact) mass is 499 g/mol. The van der Waals surface area contributed by atoms with E-state index in [1.165, 1.54) is 20.5 Å². The lowest BCUT2D eigenvalue weighted by Gasteiger charge is -2.13. The van der Waals surface area contributed by atoms with E-state index in [-0.39, 0.29) is 24.6 Å². The average molecular weight is 500 g/mol. The van der Waals surface area contributed by atoms with Gasteiger partial charge in [0.15, 0.2) is 11.5 Å². The summed E-state index contributed by atoms with van der Waals surface area (Å²) in [7, 11) is 3.15. The number of nitrogens with zero attached hydrogens (tertiary/aromatic N) is 2. The Balaban J connectivity index is 1.47. The molecule has 0 aliphatic heterocycles. The number of aryl methyl sites for hydroxylation is 1. The van der Waals surface area contributed by atoms with Gasteiger partial charge in [-0.25, -0.2) is 4.79 Å². The smallest absolute Gasteiger partial charge is 0.332 e. The van der Waals surface area contributed by atoms with E-state index in [1.54, 1.807) is 37.0 Å². The molecule has 0 aliphatic carbocycles. The van der Waals surface area contributed by atoms with E-state index in [0.29, 0.717) is 41.1 Å². The van der Waals surface area contributed by atoms with E-state index < -0.39 is 5.69 Å². The fourth-order valence-electron chi connectivity index (χ4n) is 3.74. The highest BCUT2D eigenvalue weighted by Crippen LogP contribution is 2.27. The second kappa shape index (κ2) is 10.7. The first-order chi connectivity index (χ1) is 16.5. The van der Waals surface area contributed by atoms with Gasteiger partial charge in [0.1, 0.15) is 11.2 Å². The number of benzene rings is 1. The minimum absolute atomic E-state index is 0.155. The summed E-state index contributed by atoms with van der Waals surface area (Å²) in [5.74, 6) is 0.977. The fraction of sp³-hybridized carbons (Fsp3) is 0.292. The number of fused-ring (bicyclic) bond motifs is 1. The number of hydrogen-bond donors (Lipinski definition) is 1. The number of carbonyl (C=O) groups excluding carboxylic acids is 1. The average Bonchev–Trinajstić information content (AvgIpc) is 3.54. The van der Waals surface area contributed by atoms with E-state index in [2.05, 4.69) is 5.32 Å². The molecule has 0 saturated carbocycles. The molecule has 0 unspecified atom stereocenters. The summed E-state index contributed by atoms with van der Waals surface area (Å²) in [6, 6.07) is 11.2. The summed E-state index contributed by atoms with van der Waals surface area (Å²) >= 11 is 2.86. The Kier molecular flexibility index (Phi) is 7.49. The fourth-order valence-corrected chi connectivity index (χ4v) is 5.28. The van der Waals surface area contributed by atoms with E-state index in [1.807, 2.05) is 35.7 Å². The molecule has 1 amide bonds. The van der Waals surface area contributed by atoms with Crippen LogP contribution in [0.25, 0.3) is 10.2 Å². The van der Waals surface area contributed by atoms with Crippen molar-refractivity contribution >= 4 is 38.8 Å². The van der Waals surface area contributed by atoms with Gasteiger partial charge in [0.25, 0.3) is 5.56 Å². The maximum absolute atomic E-state index is 13.2. The highest BCUT2D eigenvalue weighted by Gasteiger charge is 2.16. The van der Waals surface area contributed by atoms with Crippen LogP contribution in [0.5, 0.6) is 11.5 Å². The molecule has 4 aromatic rings. The molecule has 178 valence electrons. The Morgan fingerprint density at radius 1 is 0.971 bits per heavy atom. The van der Waals surface area contributed by atoms with Crippen LogP contribution in [0.3, 0.4) is 0 Å². The van der Waals surface area contributed by atoms with Crippen LogP contribution in [0, 0.1) is 0 Å². The number of aromatic nitrogens is 2. The van der Waals surface area contributed by atoms with E-state index in [0.717, 1.165) is 10.4 Å². The van der Waals surface area contributed by atoms with Crippen molar-refractivity contribution < 1.29 is 14.3 Å². The van der Waals surface area contributed by atoms with E-state index >= 15 is 0 Å². The van der Waals surface area contributed by atoms with Crippen LogP contribution in [0.15, 0.2) is 56.7 Å². The molecular formula is C24H25N3O5S2. The van der Waals surface area contributed by atoms with Crippen molar-refractivity contribution in [2.45, 2.75) is 25.9 Å². The summed E-state index contributed by atoms with van der Waals surface area (Å²) in [5.41, 5.74) is 0.694. The molecule has 1 N–H and O–H groups in total. The Morgan fingerprint density at radius 2 is 1.79 bits per heavy atom. The summed E-state index contributed by atoms with van der Waals surface area (Å²) in [4.78, 5) is 39.8. The molecule has 34 heavy (non-hydrogen) atoms. The van der Waals surface area contributed by atoms with Crippen LogP contribution in [-0.2, 0) is 30.7 Å². The number of methoxy groups -OCH3 is 2. The first-order valence-electron chi connectivity index (χ1n) is 10.7. The van der Waals surface area contributed by atoms with Crippen molar-refractivity contribution in [2.24, 2.45) is 0 Å². The predicted molar refractivity (Wildman–Crippen MR) is 135 cm³/mol. The number of ether oxygens (including phenoxy) is 2. The third-order valence-electron chi connectivity index (χ3n) is 5.48. The van der Waals surface area contributed by atoms with E-state index in [4.69, 9.17) is 9.47 Å². The number of carbonyl (C=O) groups is 1. The van der Waals surface area contributed by atoms with Crippen molar-refractivity contribution in [3.05, 3.63) is 78.4 Å². The molecular weight excluding hydrogens is 474 g/mol. The number of nitrogens with one attached hydrogen (secondary N) is 1. The molecule has 4 rings (SSSR count). The van der Waals surface area contributed by atoms with E-state index in [9.17, 15) is 14.4 Å². The Bertz CT molecular complexity index is 1400. The number of amides is 1. The van der Waals surface area contributed by atoms with Gasteiger partial charge in [0.05, 0.1) is 19.7 Å². The van der Waals surface area contributed by atoms with Gasteiger partial charge in [-0.2, -0.15) is 0 Å². The van der Waals surface area contributed by atoms with Gasteiger partial charge in [-0.3, -0.25) is 18.7 Å². The van der Waals surface area contributed by atoms with Crippen LogP contribution >= 0.6 is 22.7 Å². The van der Waals surface area contributed by atoms with Gasteiger partial charge >= 0.3 is 5.69 Å². The number of hydrogen-bond acceptors (Lipinski definition) is 7.